The molecule has 0 spiro atoms. The Balaban J connectivity index is 1.68. The standard InChI is InChI=1S/C21H26N2O4/c1-14(23-11-9-18(27-20(23)25)13-21(2,3)26)15-4-6-16(7-5-15)17-8-10-22-19(24)12-17/h4-8,10,12,14,18,26H,9,11,13H2,1-3H3,(H,22,24)/t14?,18-/m0/s1. The first-order chi connectivity index (χ1) is 12.7. The average Bonchev–Trinajstić information content (AvgIpc) is 2.60. The molecule has 0 bridgehead atoms. The van der Waals surface area contributed by atoms with Crippen molar-refractivity contribution in [2.24, 2.45) is 0 Å². The van der Waals surface area contributed by atoms with Crippen LogP contribution in [0.5, 0.6) is 0 Å². The van der Waals surface area contributed by atoms with E-state index in [4.69, 9.17) is 4.74 Å². The number of ether oxygens (including phenoxy) is 1. The normalized spacial score (nSPS) is 18.9. The molecule has 0 radical (unpaired) electrons. The molecule has 1 aliphatic heterocycles. The van der Waals surface area contributed by atoms with E-state index < -0.39 is 5.60 Å². The van der Waals surface area contributed by atoms with Crippen molar-refractivity contribution in [2.75, 3.05) is 6.54 Å². The lowest BCUT2D eigenvalue weighted by atomic mass is 9.97. The smallest absolute Gasteiger partial charge is 0.410 e. The highest BCUT2D eigenvalue weighted by molar-refractivity contribution is 5.69. The summed E-state index contributed by atoms with van der Waals surface area (Å²) in [5, 5.41) is 9.92. The number of pyridine rings is 1. The highest BCUT2D eigenvalue weighted by atomic mass is 16.6. The summed E-state index contributed by atoms with van der Waals surface area (Å²) in [6.45, 7) is 6.01. The van der Waals surface area contributed by atoms with Crippen LogP contribution in [0.2, 0.25) is 0 Å². The monoisotopic (exact) mass is 370 g/mol. The van der Waals surface area contributed by atoms with Crippen LogP contribution in [0.15, 0.2) is 47.4 Å². The second-order valence-electron chi connectivity index (χ2n) is 7.74. The topological polar surface area (TPSA) is 82.6 Å². The predicted molar refractivity (Wildman–Crippen MR) is 103 cm³/mol. The lowest BCUT2D eigenvalue weighted by molar-refractivity contribution is -0.0309. The van der Waals surface area contributed by atoms with Crippen LogP contribution in [0.4, 0.5) is 4.79 Å². The van der Waals surface area contributed by atoms with Crippen molar-refractivity contribution in [3.05, 3.63) is 58.5 Å². The molecule has 6 nitrogen and oxygen atoms in total. The van der Waals surface area contributed by atoms with Crippen molar-refractivity contribution in [1.82, 2.24) is 9.88 Å². The molecule has 1 aromatic heterocycles. The van der Waals surface area contributed by atoms with Crippen LogP contribution in [0, 0.1) is 0 Å². The number of H-pyrrole nitrogens is 1. The van der Waals surface area contributed by atoms with Gasteiger partial charge in [-0.2, -0.15) is 0 Å². The first-order valence-corrected chi connectivity index (χ1v) is 9.22. The Morgan fingerprint density at radius 3 is 2.52 bits per heavy atom. The third kappa shape index (κ3) is 4.77. The van der Waals surface area contributed by atoms with Gasteiger partial charge in [0.05, 0.1) is 11.6 Å². The summed E-state index contributed by atoms with van der Waals surface area (Å²) >= 11 is 0. The molecule has 6 heteroatoms. The van der Waals surface area contributed by atoms with Crippen LogP contribution >= 0.6 is 0 Å². The van der Waals surface area contributed by atoms with Crippen LogP contribution in [-0.4, -0.2) is 39.3 Å². The number of nitrogens with one attached hydrogen (secondary N) is 1. The van der Waals surface area contributed by atoms with E-state index in [0.29, 0.717) is 19.4 Å². The molecule has 1 amide bonds. The molecule has 1 aliphatic rings. The van der Waals surface area contributed by atoms with E-state index in [1.165, 1.54) is 0 Å². The fraction of sp³-hybridized carbons (Fsp3) is 0.429. The Bertz CT molecular complexity index is 851. The Labute approximate surface area is 158 Å². The molecule has 2 aromatic rings. The molecule has 1 unspecified atom stereocenters. The maximum Gasteiger partial charge on any atom is 0.410 e. The summed E-state index contributed by atoms with van der Waals surface area (Å²) in [7, 11) is 0. The van der Waals surface area contributed by atoms with Crippen LogP contribution in [-0.2, 0) is 4.74 Å². The highest BCUT2D eigenvalue weighted by Crippen LogP contribution is 2.29. The number of carbonyl (C=O) groups is 1. The van der Waals surface area contributed by atoms with Crippen LogP contribution in [0.3, 0.4) is 0 Å². The first kappa shape index (κ1) is 19.2. The fourth-order valence-corrected chi connectivity index (χ4v) is 3.45. The van der Waals surface area contributed by atoms with Gasteiger partial charge in [-0.15, -0.1) is 0 Å². The molecule has 2 N–H and O–H groups in total. The number of hydrogen-bond acceptors (Lipinski definition) is 4. The van der Waals surface area contributed by atoms with Gasteiger partial charge >= 0.3 is 6.09 Å². The summed E-state index contributed by atoms with van der Waals surface area (Å²) in [6, 6.07) is 11.1. The average molecular weight is 370 g/mol. The summed E-state index contributed by atoms with van der Waals surface area (Å²) in [4.78, 5) is 28.2. The first-order valence-electron chi connectivity index (χ1n) is 9.22. The van der Waals surface area contributed by atoms with Gasteiger partial charge in [0, 0.05) is 31.6 Å². The molecule has 0 aliphatic carbocycles. The van der Waals surface area contributed by atoms with E-state index in [-0.39, 0.29) is 23.8 Å². The van der Waals surface area contributed by atoms with Crippen LogP contribution in [0.1, 0.15) is 45.2 Å². The maximum absolute atomic E-state index is 12.4. The predicted octanol–water partition coefficient (Wildman–Crippen LogP) is 3.47. The Morgan fingerprint density at radius 1 is 1.22 bits per heavy atom. The van der Waals surface area contributed by atoms with Crippen molar-refractivity contribution >= 4 is 6.09 Å². The van der Waals surface area contributed by atoms with Gasteiger partial charge < -0.3 is 19.7 Å². The highest BCUT2D eigenvalue weighted by Gasteiger charge is 2.33. The van der Waals surface area contributed by atoms with E-state index in [1.54, 1.807) is 31.0 Å². The molecular formula is C21H26N2O4. The van der Waals surface area contributed by atoms with E-state index >= 15 is 0 Å². The Hall–Kier alpha value is -2.60. The minimum Gasteiger partial charge on any atom is -0.446 e. The van der Waals surface area contributed by atoms with Gasteiger partial charge in [-0.25, -0.2) is 4.79 Å². The second kappa shape index (κ2) is 7.56. The van der Waals surface area contributed by atoms with E-state index in [2.05, 4.69) is 4.98 Å². The maximum atomic E-state index is 12.4. The van der Waals surface area contributed by atoms with Crippen LogP contribution < -0.4 is 5.56 Å². The van der Waals surface area contributed by atoms with Crippen molar-refractivity contribution in [1.29, 1.82) is 0 Å². The van der Waals surface area contributed by atoms with Gasteiger partial charge in [0.1, 0.15) is 6.10 Å². The number of carbonyl (C=O) groups excluding carboxylic acids is 1. The molecular weight excluding hydrogens is 344 g/mol. The molecule has 1 aromatic carbocycles. The van der Waals surface area contributed by atoms with Crippen molar-refractivity contribution in [3.8, 4) is 11.1 Å². The van der Waals surface area contributed by atoms with Gasteiger partial charge in [-0.3, -0.25) is 4.79 Å². The molecule has 3 rings (SSSR count). The SMILES string of the molecule is CC(c1ccc(-c2cc[nH]c(=O)c2)cc1)N1CC[C@@H](CC(C)(C)O)OC1=O. The lowest BCUT2D eigenvalue weighted by Gasteiger charge is -2.37. The minimum absolute atomic E-state index is 0.117. The zero-order valence-electron chi connectivity index (χ0n) is 15.9. The third-order valence-electron chi connectivity index (χ3n) is 4.89. The van der Waals surface area contributed by atoms with Crippen molar-refractivity contribution in [2.45, 2.75) is 51.4 Å². The quantitative estimate of drug-likeness (QED) is 0.844. The lowest BCUT2D eigenvalue weighted by Crippen LogP contribution is -2.45. The number of aliphatic hydroxyl groups is 1. The van der Waals surface area contributed by atoms with E-state index in [0.717, 1.165) is 16.7 Å². The molecule has 27 heavy (non-hydrogen) atoms. The number of aromatic amines is 1. The number of amides is 1. The molecule has 144 valence electrons. The van der Waals surface area contributed by atoms with Crippen molar-refractivity contribution in [3.63, 3.8) is 0 Å². The number of benzene rings is 1. The molecule has 1 saturated heterocycles. The molecule has 0 saturated carbocycles. The Morgan fingerprint density at radius 2 is 1.93 bits per heavy atom. The van der Waals surface area contributed by atoms with E-state index in [9.17, 15) is 14.7 Å². The van der Waals surface area contributed by atoms with Crippen LogP contribution in [0.25, 0.3) is 11.1 Å². The van der Waals surface area contributed by atoms with Gasteiger partial charge in [-0.1, -0.05) is 24.3 Å². The minimum atomic E-state index is -0.853. The Kier molecular flexibility index (Phi) is 5.37. The molecule has 2 atom stereocenters. The van der Waals surface area contributed by atoms with Crippen molar-refractivity contribution < 1.29 is 14.6 Å². The molecule has 2 heterocycles. The van der Waals surface area contributed by atoms with Gasteiger partial charge in [0.15, 0.2) is 0 Å². The zero-order chi connectivity index (χ0) is 19.6. The largest absolute Gasteiger partial charge is 0.446 e. The summed E-state index contributed by atoms with van der Waals surface area (Å²) in [5.74, 6) is 0. The number of aromatic nitrogens is 1. The zero-order valence-corrected chi connectivity index (χ0v) is 15.9. The van der Waals surface area contributed by atoms with Gasteiger partial charge in [0.2, 0.25) is 5.56 Å². The summed E-state index contributed by atoms with van der Waals surface area (Å²) < 4.78 is 5.51. The number of hydrogen-bond donors (Lipinski definition) is 2. The molecule has 1 fully saturated rings. The summed E-state index contributed by atoms with van der Waals surface area (Å²) in [5.41, 5.74) is 1.81. The van der Waals surface area contributed by atoms with E-state index in [1.807, 2.05) is 37.3 Å². The summed E-state index contributed by atoms with van der Waals surface area (Å²) in [6.07, 6.45) is 2.17. The second-order valence-corrected chi connectivity index (χ2v) is 7.74. The number of nitrogens with zero attached hydrogens (tertiary/aromatic N) is 1. The van der Waals surface area contributed by atoms with Gasteiger partial charge in [-0.05, 0) is 43.5 Å². The number of cyclic esters (lactones) is 1. The number of rotatable bonds is 5. The fourth-order valence-electron chi connectivity index (χ4n) is 3.45. The van der Waals surface area contributed by atoms with Gasteiger partial charge in [0.25, 0.3) is 0 Å². The third-order valence-corrected chi connectivity index (χ3v) is 4.89.